The van der Waals surface area contributed by atoms with E-state index in [4.69, 9.17) is 0 Å². The van der Waals surface area contributed by atoms with Crippen molar-refractivity contribution >= 4 is 11.6 Å². The summed E-state index contributed by atoms with van der Waals surface area (Å²) >= 11 is 0. The number of benzene rings is 1. The molecule has 0 bridgehead atoms. The van der Waals surface area contributed by atoms with Gasteiger partial charge in [0.1, 0.15) is 0 Å². The number of carbonyl (C=O) groups is 2. The second kappa shape index (κ2) is 5.06. The fourth-order valence-electron chi connectivity index (χ4n) is 2.25. The molecule has 0 aromatic heterocycles. The fourth-order valence-corrected chi connectivity index (χ4v) is 2.25. The van der Waals surface area contributed by atoms with Crippen molar-refractivity contribution in [3.05, 3.63) is 35.9 Å². The van der Waals surface area contributed by atoms with Crippen molar-refractivity contribution in [1.29, 1.82) is 0 Å². The first-order chi connectivity index (χ1) is 7.77. The van der Waals surface area contributed by atoms with Crippen molar-refractivity contribution in [1.82, 2.24) is 0 Å². The van der Waals surface area contributed by atoms with Gasteiger partial charge in [-0.05, 0) is 31.2 Å². The highest BCUT2D eigenvalue weighted by atomic mass is 16.2. The number of aryl methyl sites for hydroxylation is 1. The van der Waals surface area contributed by atoms with Gasteiger partial charge in [0.2, 0.25) is 5.78 Å². The molecule has 1 aliphatic carbocycles. The highest BCUT2D eigenvalue weighted by Crippen LogP contribution is 2.22. The van der Waals surface area contributed by atoms with Crippen LogP contribution in [0.4, 0.5) is 0 Å². The second-order valence-corrected chi connectivity index (χ2v) is 4.40. The quantitative estimate of drug-likeness (QED) is 0.728. The lowest BCUT2D eigenvalue weighted by Crippen LogP contribution is -2.28. The molecule has 1 aliphatic rings. The standard InChI is InChI=1S/C14H16O2/c15-13-8-4-7-12(14(13)16)10-9-11-5-2-1-3-6-11/h1-3,5-6,12H,4,7-10H2. The SMILES string of the molecule is O=C1CCCC(CCc2ccccc2)C1=O. The summed E-state index contributed by atoms with van der Waals surface area (Å²) in [4.78, 5) is 22.9. The maximum absolute atomic E-state index is 11.6. The average Bonchev–Trinajstić information content (AvgIpc) is 2.32. The fraction of sp³-hybridized carbons (Fsp3) is 0.429. The van der Waals surface area contributed by atoms with Gasteiger partial charge in [-0.2, -0.15) is 0 Å². The molecule has 0 N–H and O–H groups in total. The van der Waals surface area contributed by atoms with E-state index in [0.29, 0.717) is 6.42 Å². The minimum Gasteiger partial charge on any atom is -0.291 e. The summed E-state index contributed by atoms with van der Waals surface area (Å²) in [5.41, 5.74) is 1.24. The van der Waals surface area contributed by atoms with Gasteiger partial charge in [0.15, 0.2) is 5.78 Å². The van der Waals surface area contributed by atoms with Gasteiger partial charge in [0, 0.05) is 12.3 Å². The Labute approximate surface area is 95.7 Å². The summed E-state index contributed by atoms with van der Waals surface area (Å²) in [5.74, 6) is -0.326. The zero-order chi connectivity index (χ0) is 11.4. The lowest BCUT2D eigenvalue weighted by molar-refractivity contribution is -0.141. The molecule has 0 aliphatic heterocycles. The van der Waals surface area contributed by atoms with Crippen LogP contribution in [-0.4, -0.2) is 11.6 Å². The molecular formula is C14H16O2. The Kier molecular flexibility index (Phi) is 3.50. The van der Waals surface area contributed by atoms with E-state index in [-0.39, 0.29) is 17.5 Å². The van der Waals surface area contributed by atoms with Crippen LogP contribution in [0.3, 0.4) is 0 Å². The summed E-state index contributed by atoms with van der Waals surface area (Å²) in [7, 11) is 0. The molecule has 1 atom stereocenters. The highest BCUT2D eigenvalue weighted by Gasteiger charge is 2.28. The van der Waals surface area contributed by atoms with Gasteiger partial charge in [-0.15, -0.1) is 0 Å². The monoisotopic (exact) mass is 216 g/mol. The lowest BCUT2D eigenvalue weighted by atomic mass is 9.83. The smallest absolute Gasteiger partial charge is 0.201 e. The molecule has 0 amide bonds. The molecule has 1 fully saturated rings. The van der Waals surface area contributed by atoms with Crippen LogP contribution >= 0.6 is 0 Å². The van der Waals surface area contributed by atoms with E-state index in [9.17, 15) is 9.59 Å². The molecule has 1 unspecified atom stereocenters. The number of Topliss-reactive ketones (excluding diaryl/α,β-unsaturated/α-hetero) is 2. The molecule has 2 heteroatoms. The zero-order valence-corrected chi connectivity index (χ0v) is 9.32. The topological polar surface area (TPSA) is 34.1 Å². The molecule has 84 valence electrons. The summed E-state index contributed by atoms with van der Waals surface area (Å²) < 4.78 is 0. The molecule has 0 spiro atoms. The number of hydrogen-bond donors (Lipinski definition) is 0. The van der Waals surface area contributed by atoms with E-state index in [0.717, 1.165) is 25.7 Å². The summed E-state index contributed by atoms with van der Waals surface area (Å²) in [5, 5.41) is 0. The van der Waals surface area contributed by atoms with Crippen LogP contribution < -0.4 is 0 Å². The largest absolute Gasteiger partial charge is 0.291 e. The molecule has 16 heavy (non-hydrogen) atoms. The van der Waals surface area contributed by atoms with Crippen molar-refractivity contribution in [2.24, 2.45) is 5.92 Å². The van der Waals surface area contributed by atoms with Crippen LogP contribution in [0.1, 0.15) is 31.2 Å². The van der Waals surface area contributed by atoms with E-state index >= 15 is 0 Å². The van der Waals surface area contributed by atoms with E-state index in [1.54, 1.807) is 0 Å². The first-order valence-electron chi connectivity index (χ1n) is 5.88. The molecule has 2 rings (SSSR count). The van der Waals surface area contributed by atoms with E-state index in [2.05, 4.69) is 12.1 Å². The number of ketones is 2. The van der Waals surface area contributed by atoms with Crippen LogP contribution in [-0.2, 0) is 16.0 Å². The van der Waals surface area contributed by atoms with Crippen LogP contribution in [0.2, 0.25) is 0 Å². The van der Waals surface area contributed by atoms with Gasteiger partial charge >= 0.3 is 0 Å². The predicted molar refractivity (Wildman–Crippen MR) is 62.1 cm³/mol. The van der Waals surface area contributed by atoms with Crippen molar-refractivity contribution in [3.8, 4) is 0 Å². The van der Waals surface area contributed by atoms with Crippen molar-refractivity contribution < 1.29 is 9.59 Å². The molecule has 1 aromatic carbocycles. The third-order valence-corrected chi connectivity index (χ3v) is 3.23. The van der Waals surface area contributed by atoms with Crippen LogP contribution in [0.25, 0.3) is 0 Å². The van der Waals surface area contributed by atoms with Crippen LogP contribution in [0, 0.1) is 5.92 Å². The summed E-state index contributed by atoms with van der Waals surface area (Å²) in [6.07, 6.45) is 3.93. The lowest BCUT2D eigenvalue weighted by Gasteiger charge is -2.19. The zero-order valence-electron chi connectivity index (χ0n) is 9.32. The molecule has 2 nitrogen and oxygen atoms in total. The Bertz CT molecular complexity index is 381. The number of hydrogen-bond acceptors (Lipinski definition) is 2. The Morgan fingerprint density at radius 2 is 1.88 bits per heavy atom. The summed E-state index contributed by atoms with van der Waals surface area (Å²) in [6.45, 7) is 0. The molecule has 0 heterocycles. The molecule has 0 radical (unpaired) electrons. The predicted octanol–water partition coefficient (Wildman–Crippen LogP) is 2.56. The first kappa shape index (κ1) is 11.1. The molecule has 1 saturated carbocycles. The van der Waals surface area contributed by atoms with E-state index in [1.807, 2.05) is 18.2 Å². The van der Waals surface area contributed by atoms with Gasteiger partial charge in [0.25, 0.3) is 0 Å². The molecule has 0 saturated heterocycles. The Morgan fingerprint density at radius 3 is 2.62 bits per heavy atom. The Balaban J connectivity index is 1.90. The molecular weight excluding hydrogens is 200 g/mol. The third kappa shape index (κ3) is 2.57. The minimum absolute atomic E-state index is 0.0264. The van der Waals surface area contributed by atoms with E-state index in [1.165, 1.54) is 5.56 Å². The van der Waals surface area contributed by atoms with Gasteiger partial charge in [-0.25, -0.2) is 0 Å². The van der Waals surface area contributed by atoms with Crippen LogP contribution in [0.15, 0.2) is 30.3 Å². The van der Waals surface area contributed by atoms with Crippen molar-refractivity contribution in [2.45, 2.75) is 32.1 Å². The average molecular weight is 216 g/mol. The van der Waals surface area contributed by atoms with Crippen molar-refractivity contribution in [3.63, 3.8) is 0 Å². The van der Waals surface area contributed by atoms with Crippen LogP contribution in [0.5, 0.6) is 0 Å². The molecule has 1 aromatic rings. The van der Waals surface area contributed by atoms with Gasteiger partial charge in [0.05, 0.1) is 0 Å². The highest BCUT2D eigenvalue weighted by molar-refractivity contribution is 6.38. The van der Waals surface area contributed by atoms with Gasteiger partial charge < -0.3 is 0 Å². The summed E-state index contributed by atoms with van der Waals surface area (Å²) in [6, 6.07) is 10.1. The Hall–Kier alpha value is -1.44. The second-order valence-electron chi connectivity index (χ2n) is 4.40. The maximum atomic E-state index is 11.6. The van der Waals surface area contributed by atoms with Gasteiger partial charge in [-0.1, -0.05) is 30.3 Å². The Morgan fingerprint density at radius 1 is 1.12 bits per heavy atom. The maximum Gasteiger partial charge on any atom is 0.201 e. The number of carbonyl (C=O) groups excluding carboxylic acids is 2. The minimum atomic E-state index is -0.163. The third-order valence-electron chi connectivity index (χ3n) is 3.23. The normalized spacial score (nSPS) is 21.1. The van der Waals surface area contributed by atoms with Crippen molar-refractivity contribution in [2.75, 3.05) is 0 Å². The van der Waals surface area contributed by atoms with E-state index < -0.39 is 0 Å². The van der Waals surface area contributed by atoms with Gasteiger partial charge in [-0.3, -0.25) is 9.59 Å². The number of rotatable bonds is 3. The first-order valence-corrected chi connectivity index (χ1v) is 5.88.